The molecule has 0 amide bonds. The highest BCUT2D eigenvalue weighted by atomic mass is 16.6. The first-order valence-corrected chi connectivity index (χ1v) is 5.69. The van der Waals surface area contributed by atoms with Gasteiger partial charge in [0.25, 0.3) is 0 Å². The molecule has 2 aliphatic carbocycles. The van der Waals surface area contributed by atoms with E-state index in [2.05, 4.69) is 0 Å². The topological polar surface area (TPSA) is 25.1 Å². The first-order valence-electron chi connectivity index (χ1n) is 5.69. The van der Waals surface area contributed by atoms with E-state index in [1.165, 1.54) is 44.9 Å². The molecule has 0 bridgehead atoms. The van der Waals surface area contributed by atoms with E-state index < -0.39 is 0 Å². The Labute approximate surface area is 78.6 Å². The third-order valence-corrected chi connectivity index (χ3v) is 4.54. The molecule has 0 radical (unpaired) electrons. The van der Waals surface area contributed by atoms with Crippen LogP contribution in [0.4, 0.5) is 0 Å². The van der Waals surface area contributed by atoms with Crippen molar-refractivity contribution in [3.05, 3.63) is 0 Å². The Morgan fingerprint density at radius 3 is 1.77 bits per heavy atom. The van der Waals surface area contributed by atoms with Crippen molar-refractivity contribution in [1.82, 2.24) is 0 Å². The van der Waals surface area contributed by atoms with Crippen molar-refractivity contribution in [3.8, 4) is 0 Å². The van der Waals surface area contributed by atoms with Crippen LogP contribution >= 0.6 is 0 Å². The first-order chi connectivity index (χ1) is 6.33. The zero-order chi connectivity index (χ0) is 8.52. The van der Waals surface area contributed by atoms with Crippen molar-refractivity contribution in [2.24, 2.45) is 0 Å². The summed E-state index contributed by atoms with van der Waals surface area (Å²) in [5.41, 5.74) is 0.609. The van der Waals surface area contributed by atoms with E-state index in [0.29, 0.717) is 23.4 Å². The molecule has 4 fully saturated rings. The molecule has 4 unspecified atom stereocenters. The molecule has 2 nitrogen and oxygen atoms in total. The molecule has 4 atom stereocenters. The van der Waals surface area contributed by atoms with Gasteiger partial charge in [0.2, 0.25) is 0 Å². The molecule has 0 aromatic rings. The van der Waals surface area contributed by atoms with Gasteiger partial charge >= 0.3 is 0 Å². The largest absolute Gasteiger partial charge is 0.366 e. The molecule has 2 saturated carbocycles. The standard InChI is InChI=1S/C11H16O2/c1-3-8-10(5-1,12-8)7-11-6-2-4-9(11)13-11/h8-9H,1-7H2. The molecule has 0 spiro atoms. The van der Waals surface area contributed by atoms with Crippen molar-refractivity contribution >= 4 is 0 Å². The van der Waals surface area contributed by atoms with Gasteiger partial charge in [-0.3, -0.25) is 0 Å². The normalized spacial score (nSPS) is 61.8. The third kappa shape index (κ3) is 0.816. The SMILES string of the molecule is C1CC2OC2(CC23CCCC2O3)C1. The van der Waals surface area contributed by atoms with Crippen molar-refractivity contribution in [3.63, 3.8) is 0 Å². The Morgan fingerprint density at radius 1 is 0.923 bits per heavy atom. The zero-order valence-corrected chi connectivity index (χ0v) is 7.92. The number of hydrogen-bond donors (Lipinski definition) is 0. The Kier molecular flexibility index (Phi) is 1.09. The summed E-state index contributed by atoms with van der Waals surface area (Å²) in [6, 6.07) is 0. The number of hydrogen-bond acceptors (Lipinski definition) is 2. The predicted octanol–water partition coefficient (Wildman–Crippen LogP) is 2.02. The van der Waals surface area contributed by atoms with Gasteiger partial charge in [0, 0.05) is 6.42 Å². The van der Waals surface area contributed by atoms with E-state index in [1.807, 2.05) is 0 Å². The van der Waals surface area contributed by atoms with Crippen LogP contribution in [-0.4, -0.2) is 23.4 Å². The van der Waals surface area contributed by atoms with Crippen LogP contribution in [0, 0.1) is 0 Å². The van der Waals surface area contributed by atoms with Crippen LogP contribution in [0.5, 0.6) is 0 Å². The number of fused-ring (bicyclic) bond motifs is 2. The highest BCUT2D eigenvalue weighted by molar-refractivity contribution is 5.18. The lowest BCUT2D eigenvalue weighted by atomic mass is 9.91. The van der Waals surface area contributed by atoms with Crippen LogP contribution in [0.15, 0.2) is 0 Å². The maximum Gasteiger partial charge on any atom is 0.0976 e. The quantitative estimate of drug-likeness (QED) is 0.607. The summed E-state index contributed by atoms with van der Waals surface area (Å²) in [5.74, 6) is 0. The summed E-state index contributed by atoms with van der Waals surface area (Å²) < 4.78 is 11.6. The second-order valence-electron chi connectivity index (χ2n) is 5.30. The highest BCUT2D eigenvalue weighted by Crippen LogP contribution is 2.62. The van der Waals surface area contributed by atoms with Crippen LogP contribution in [0.2, 0.25) is 0 Å². The maximum atomic E-state index is 5.81. The van der Waals surface area contributed by atoms with Crippen LogP contribution in [0.3, 0.4) is 0 Å². The molecule has 0 aromatic heterocycles. The van der Waals surface area contributed by atoms with Gasteiger partial charge in [-0.15, -0.1) is 0 Å². The minimum Gasteiger partial charge on any atom is -0.366 e. The van der Waals surface area contributed by atoms with E-state index in [4.69, 9.17) is 9.47 Å². The molecule has 0 N–H and O–H groups in total. The molecule has 0 aromatic carbocycles. The van der Waals surface area contributed by atoms with Crippen LogP contribution in [-0.2, 0) is 9.47 Å². The van der Waals surface area contributed by atoms with E-state index in [-0.39, 0.29) is 0 Å². The van der Waals surface area contributed by atoms with E-state index in [0.717, 1.165) is 0 Å². The number of rotatable bonds is 2. The van der Waals surface area contributed by atoms with E-state index >= 15 is 0 Å². The van der Waals surface area contributed by atoms with Gasteiger partial charge in [-0.1, -0.05) is 0 Å². The summed E-state index contributed by atoms with van der Waals surface area (Å²) in [6.45, 7) is 0. The third-order valence-electron chi connectivity index (χ3n) is 4.54. The predicted molar refractivity (Wildman–Crippen MR) is 47.5 cm³/mol. The van der Waals surface area contributed by atoms with Crippen molar-refractivity contribution in [2.75, 3.05) is 0 Å². The Bertz CT molecular complexity index is 239. The fourth-order valence-corrected chi connectivity index (χ4v) is 3.75. The summed E-state index contributed by atoms with van der Waals surface area (Å²) in [4.78, 5) is 0. The lowest BCUT2D eigenvalue weighted by Gasteiger charge is -2.13. The summed E-state index contributed by atoms with van der Waals surface area (Å²) in [5, 5.41) is 0. The molecule has 72 valence electrons. The van der Waals surface area contributed by atoms with Crippen LogP contribution in [0.25, 0.3) is 0 Å². The molecule has 2 heterocycles. The highest BCUT2D eigenvalue weighted by Gasteiger charge is 2.69. The Balaban J connectivity index is 1.53. The van der Waals surface area contributed by atoms with Gasteiger partial charge in [-0.2, -0.15) is 0 Å². The molecule has 4 aliphatic rings. The van der Waals surface area contributed by atoms with Gasteiger partial charge in [0.05, 0.1) is 23.4 Å². The van der Waals surface area contributed by atoms with Crippen LogP contribution in [0.1, 0.15) is 44.9 Å². The minimum atomic E-state index is 0.305. The molecular formula is C11H16O2. The smallest absolute Gasteiger partial charge is 0.0976 e. The molecular weight excluding hydrogens is 164 g/mol. The number of ether oxygens (including phenoxy) is 2. The lowest BCUT2D eigenvalue weighted by molar-refractivity contribution is 0.173. The van der Waals surface area contributed by atoms with Gasteiger partial charge < -0.3 is 9.47 Å². The van der Waals surface area contributed by atoms with Crippen molar-refractivity contribution in [1.29, 1.82) is 0 Å². The van der Waals surface area contributed by atoms with Crippen molar-refractivity contribution in [2.45, 2.75) is 68.4 Å². The maximum absolute atomic E-state index is 5.81. The Hall–Kier alpha value is -0.0800. The Morgan fingerprint density at radius 2 is 1.46 bits per heavy atom. The average molecular weight is 180 g/mol. The summed E-state index contributed by atoms with van der Waals surface area (Å²) >= 11 is 0. The summed E-state index contributed by atoms with van der Waals surface area (Å²) in [7, 11) is 0. The zero-order valence-electron chi connectivity index (χ0n) is 7.92. The molecule has 13 heavy (non-hydrogen) atoms. The number of epoxide rings is 2. The molecule has 2 aliphatic heterocycles. The van der Waals surface area contributed by atoms with Gasteiger partial charge in [-0.05, 0) is 38.5 Å². The van der Waals surface area contributed by atoms with Gasteiger partial charge in [0.15, 0.2) is 0 Å². The van der Waals surface area contributed by atoms with Crippen molar-refractivity contribution < 1.29 is 9.47 Å². The molecule has 4 rings (SSSR count). The molecule has 2 saturated heterocycles. The first kappa shape index (κ1) is 7.24. The van der Waals surface area contributed by atoms with E-state index in [9.17, 15) is 0 Å². The van der Waals surface area contributed by atoms with Gasteiger partial charge in [-0.25, -0.2) is 0 Å². The van der Waals surface area contributed by atoms with Crippen LogP contribution < -0.4 is 0 Å². The monoisotopic (exact) mass is 180 g/mol. The lowest BCUT2D eigenvalue weighted by Crippen LogP contribution is -2.22. The minimum absolute atomic E-state index is 0.305. The van der Waals surface area contributed by atoms with E-state index in [1.54, 1.807) is 0 Å². The van der Waals surface area contributed by atoms with Gasteiger partial charge in [0.1, 0.15) is 0 Å². The average Bonchev–Trinajstić information content (AvgIpc) is 2.88. The second-order valence-corrected chi connectivity index (χ2v) is 5.30. The fraction of sp³-hybridized carbons (Fsp3) is 1.00. The molecule has 2 heteroatoms. The fourth-order valence-electron chi connectivity index (χ4n) is 3.75. The summed E-state index contributed by atoms with van der Waals surface area (Å²) in [6.07, 6.45) is 10.4. The second kappa shape index (κ2) is 1.96.